The van der Waals surface area contributed by atoms with Crippen LogP contribution in [0.1, 0.15) is 6.42 Å². The van der Waals surface area contributed by atoms with Crippen molar-refractivity contribution in [3.8, 4) is 0 Å². The molecule has 5 atom stereocenters. The fraction of sp³-hybridized carbons (Fsp3) is 0.667. The Morgan fingerprint density at radius 1 is 1.50 bits per heavy atom. The van der Waals surface area contributed by atoms with Crippen molar-refractivity contribution >= 4 is 18.2 Å². The van der Waals surface area contributed by atoms with Gasteiger partial charge in [-0.3, -0.25) is 0 Å². The largest absolute Gasteiger partial charge is 0.455 e. The minimum Gasteiger partial charge on any atom is -0.455 e. The van der Waals surface area contributed by atoms with Gasteiger partial charge in [0.1, 0.15) is 30.8 Å². The molecule has 0 aromatic rings. The number of carbonyl (C=O) groups excluding carboxylic acids is 3. The number of carbonyl (C=O) groups is 3. The van der Waals surface area contributed by atoms with Gasteiger partial charge < -0.3 is 39.5 Å². The molecule has 3 fully saturated rings. The van der Waals surface area contributed by atoms with E-state index in [1.165, 1.54) is 7.11 Å². The molecule has 3 aliphatic rings. The number of esters is 1. The van der Waals surface area contributed by atoms with E-state index < -0.39 is 42.5 Å². The number of aliphatic hydroxyl groups excluding tert-OH is 1. The molecule has 0 spiro atoms. The van der Waals surface area contributed by atoms with Crippen molar-refractivity contribution in [3.63, 3.8) is 0 Å². The third kappa shape index (κ3) is 4.47. The van der Waals surface area contributed by atoms with Crippen LogP contribution in [0.15, 0.2) is 0 Å². The van der Waals surface area contributed by atoms with E-state index in [1.54, 1.807) is 0 Å². The van der Waals surface area contributed by atoms with Crippen molar-refractivity contribution in [2.45, 2.75) is 37.0 Å². The Hall–Kier alpha value is -0.576. The van der Waals surface area contributed by atoms with Crippen LogP contribution >= 0.6 is 0 Å². The second kappa shape index (κ2) is 8.90. The van der Waals surface area contributed by atoms with E-state index >= 15 is 0 Å². The van der Waals surface area contributed by atoms with Gasteiger partial charge in [-0.05, 0) is 0 Å². The van der Waals surface area contributed by atoms with Gasteiger partial charge in [0.05, 0.1) is 12.5 Å². The maximum atomic E-state index is 12.0. The number of ether oxygens (including phenoxy) is 3. The van der Waals surface area contributed by atoms with Crippen LogP contribution in [-0.4, -0.2) is 67.6 Å². The van der Waals surface area contributed by atoms with E-state index in [4.69, 9.17) is 14.2 Å². The summed E-state index contributed by atoms with van der Waals surface area (Å²) in [5.41, 5.74) is 0. The average molecular weight is 390 g/mol. The molecule has 9 nitrogen and oxygen atoms in total. The van der Waals surface area contributed by atoms with Gasteiger partial charge in [-0.2, -0.15) is 0 Å². The molecule has 0 aromatic heterocycles. The van der Waals surface area contributed by atoms with Crippen molar-refractivity contribution < 1.29 is 66.4 Å². The maximum Gasteiger partial charge on any atom is 0.329 e. The second-order valence-electron chi connectivity index (χ2n) is 4.69. The van der Waals surface area contributed by atoms with E-state index in [0.29, 0.717) is 6.29 Å². The van der Waals surface area contributed by atoms with Crippen molar-refractivity contribution in [3.05, 3.63) is 6.54 Å². The molecular weight excluding hydrogens is 373 g/mol. The van der Waals surface area contributed by atoms with Gasteiger partial charge in [0.2, 0.25) is 0 Å². The first kappa shape index (κ1) is 19.5. The Kier molecular flexibility index (Phi) is 7.88. The molecule has 1 radical (unpaired) electrons. The molecule has 121 valence electrons. The molecule has 1 amide bonds. The van der Waals surface area contributed by atoms with Gasteiger partial charge in [-0.25, -0.2) is 11.3 Å². The SMILES string of the molecule is COC1C2COC(N[CH-]C(=O)NC(CC=O)C(=O)O2)C1O.[Y]. The van der Waals surface area contributed by atoms with Crippen LogP contribution in [0, 0.1) is 6.54 Å². The van der Waals surface area contributed by atoms with Gasteiger partial charge >= 0.3 is 5.97 Å². The van der Waals surface area contributed by atoms with Crippen molar-refractivity contribution in [1.29, 1.82) is 0 Å². The number of aldehydes is 1. The summed E-state index contributed by atoms with van der Waals surface area (Å²) in [5, 5.41) is 15.0. The minimum atomic E-state index is -1.13. The summed E-state index contributed by atoms with van der Waals surface area (Å²) in [6, 6.07) is -1.10. The van der Waals surface area contributed by atoms with Gasteiger partial charge in [-0.15, -0.1) is 0 Å². The van der Waals surface area contributed by atoms with E-state index in [0.717, 1.165) is 6.54 Å². The molecule has 3 N–H and O–H groups in total. The number of hydrogen-bond donors (Lipinski definition) is 3. The zero-order chi connectivity index (χ0) is 15.4. The predicted octanol–water partition coefficient (Wildman–Crippen LogP) is -2.53. The Morgan fingerprint density at radius 2 is 2.23 bits per heavy atom. The quantitative estimate of drug-likeness (QED) is 0.209. The Balaban J connectivity index is 0.00000242. The number of fused-ring (bicyclic) bond motifs is 8. The normalized spacial score (nSPS) is 35.3. The Labute approximate surface area is 152 Å². The summed E-state index contributed by atoms with van der Waals surface area (Å²) in [6.45, 7) is 1.02. The standard InChI is InChI=1S/C12H17N2O7.Y/c1-19-10-7-5-20-11(9(10)17)13-4-8(16)14-6(2-3-15)12(18)21-7;/h3-4,6-7,9-11,13,17H,2,5H2,1H3,(H,14,16);/q-1;. The van der Waals surface area contributed by atoms with Gasteiger partial charge in [0.15, 0.2) is 6.10 Å². The summed E-state index contributed by atoms with van der Waals surface area (Å²) >= 11 is 0. The summed E-state index contributed by atoms with van der Waals surface area (Å²) in [7, 11) is 1.37. The molecule has 10 heteroatoms. The van der Waals surface area contributed by atoms with E-state index in [-0.39, 0.29) is 45.7 Å². The predicted molar refractivity (Wildman–Crippen MR) is 66.5 cm³/mol. The third-order valence-electron chi connectivity index (χ3n) is 3.30. The number of aliphatic hydroxyl groups is 1. The monoisotopic (exact) mass is 390 g/mol. The second-order valence-corrected chi connectivity index (χ2v) is 4.69. The van der Waals surface area contributed by atoms with Crippen LogP contribution in [0.2, 0.25) is 0 Å². The van der Waals surface area contributed by atoms with Gasteiger partial charge in [-0.1, -0.05) is 0 Å². The zero-order valence-electron chi connectivity index (χ0n) is 11.9. The Bertz CT molecular complexity index is 422. The molecule has 3 heterocycles. The average Bonchev–Trinajstić information content (AvgIpc) is 2.48. The summed E-state index contributed by atoms with van der Waals surface area (Å²) in [4.78, 5) is 34.3. The van der Waals surface area contributed by atoms with Gasteiger partial charge in [0.25, 0.3) is 0 Å². The number of nitrogens with one attached hydrogen (secondary N) is 2. The summed E-state index contributed by atoms with van der Waals surface area (Å²) in [6.07, 6.45) is -3.34. The minimum absolute atomic E-state index is 0. The van der Waals surface area contributed by atoms with E-state index in [1.807, 2.05) is 0 Å². The van der Waals surface area contributed by atoms with E-state index in [2.05, 4.69) is 10.6 Å². The smallest absolute Gasteiger partial charge is 0.329 e. The van der Waals surface area contributed by atoms with Crippen LogP contribution in [0.25, 0.3) is 0 Å². The first-order chi connectivity index (χ1) is 10.1. The Morgan fingerprint density at radius 3 is 2.86 bits per heavy atom. The first-order valence-electron chi connectivity index (χ1n) is 6.43. The molecule has 22 heavy (non-hydrogen) atoms. The fourth-order valence-electron chi connectivity index (χ4n) is 2.24. The molecule has 0 aromatic carbocycles. The van der Waals surface area contributed by atoms with Crippen molar-refractivity contribution in [2.24, 2.45) is 0 Å². The molecule has 3 rings (SSSR count). The molecule has 3 aliphatic heterocycles. The number of methoxy groups -OCH3 is 1. The van der Waals surface area contributed by atoms with Crippen molar-refractivity contribution in [1.82, 2.24) is 10.6 Å². The van der Waals surface area contributed by atoms with Crippen LogP contribution in [0.5, 0.6) is 0 Å². The molecule has 0 aliphatic carbocycles. The molecule has 5 unspecified atom stereocenters. The number of amides is 1. The van der Waals surface area contributed by atoms with Crippen LogP contribution in [-0.2, 0) is 61.3 Å². The molecular formula is C12H17N2O7Y-. The zero-order valence-corrected chi connectivity index (χ0v) is 14.8. The summed E-state index contributed by atoms with van der Waals surface area (Å²) < 4.78 is 15.6. The summed E-state index contributed by atoms with van der Waals surface area (Å²) in [5.74, 6) is -1.42. The third-order valence-corrected chi connectivity index (χ3v) is 3.30. The van der Waals surface area contributed by atoms with Gasteiger partial charge in [0, 0.05) is 46.2 Å². The van der Waals surface area contributed by atoms with Crippen LogP contribution < -0.4 is 10.6 Å². The number of rotatable bonds is 3. The van der Waals surface area contributed by atoms with Crippen LogP contribution in [0.4, 0.5) is 0 Å². The molecule has 2 bridgehead atoms. The molecule has 0 saturated carbocycles. The number of hydrogen-bond acceptors (Lipinski definition) is 8. The van der Waals surface area contributed by atoms with Crippen LogP contribution in [0.3, 0.4) is 0 Å². The van der Waals surface area contributed by atoms with Crippen molar-refractivity contribution in [2.75, 3.05) is 13.7 Å². The first-order valence-corrected chi connectivity index (χ1v) is 6.43. The molecule has 3 saturated heterocycles. The topological polar surface area (TPSA) is 123 Å². The van der Waals surface area contributed by atoms with E-state index in [9.17, 15) is 19.5 Å². The fourth-order valence-corrected chi connectivity index (χ4v) is 2.24. The maximum absolute atomic E-state index is 12.0.